The highest BCUT2D eigenvalue weighted by Gasteiger charge is 2.35. The Morgan fingerprint density at radius 1 is 1.15 bits per heavy atom. The first-order valence-corrected chi connectivity index (χ1v) is 11.5. The molecule has 34 heavy (non-hydrogen) atoms. The summed E-state index contributed by atoms with van der Waals surface area (Å²) < 4.78 is 12.2. The van der Waals surface area contributed by atoms with Gasteiger partial charge in [-0.1, -0.05) is 35.9 Å². The molecule has 0 unspecified atom stereocenters. The molecule has 0 saturated carbocycles. The van der Waals surface area contributed by atoms with Gasteiger partial charge in [-0.25, -0.2) is 9.69 Å². The molecule has 0 atom stereocenters. The molecule has 1 N–H and O–H groups in total. The third-order valence-electron chi connectivity index (χ3n) is 5.02. The van der Waals surface area contributed by atoms with E-state index in [2.05, 4.69) is 34.0 Å². The number of nitriles is 1. The van der Waals surface area contributed by atoms with Crippen molar-refractivity contribution in [2.75, 3.05) is 12.0 Å². The number of carbonyl (C=O) groups is 2. The molecule has 3 amide bonds. The Balaban J connectivity index is 1.60. The van der Waals surface area contributed by atoms with E-state index in [-0.39, 0.29) is 12.3 Å². The van der Waals surface area contributed by atoms with Crippen LogP contribution in [0, 0.1) is 14.9 Å². The predicted molar refractivity (Wildman–Crippen MR) is 137 cm³/mol. The van der Waals surface area contributed by atoms with Crippen LogP contribution in [0.1, 0.15) is 16.7 Å². The number of urea groups is 1. The van der Waals surface area contributed by atoms with Crippen LogP contribution in [-0.2, 0) is 11.4 Å². The number of carbonyl (C=O) groups excluding carboxylic acids is 2. The molecule has 0 aromatic heterocycles. The lowest BCUT2D eigenvalue weighted by atomic mass is 10.1. The van der Waals surface area contributed by atoms with E-state index >= 15 is 0 Å². The topological polar surface area (TPSA) is 91.7 Å². The van der Waals surface area contributed by atoms with Gasteiger partial charge >= 0.3 is 6.03 Å². The van der Waals surface area contributed by atoms with Crippen molar-refractivity contribution in [1.82, 2.24) is 5.32 Å². The number of nitrogens with one attached hydrogen (secondary N) is 1. The number of anilines is 1. The first-order chi connectivity index (χ1) is 16.4. The van der Waals surface area contributed by atoms with Crippen molar-refractivity contribution in [3.05, 3.63) is 91.6 Å². The number of amides is 3. The third kappa shape index (κ3) is 4.85. The van der Waals surface area contributed by atoms with Crippen molar-refractivity contribution in [3.8, 4) is 17.6 Å². The van der Waals surface area contributed by atoms with Gasteiger partial charge in [0.15, 0.2) is 11.5 Å². The first kappa shape index (κ1) is 23.6. The highest BCUT2D eigenvalue weighted by atomic mass is 127. The smallest absolute Gasteiger partial charge is 0.333 e. The van der Waals surface area contributed by atoms with Crippen molar-refractivity contribution in [3.63, 3.8) is 0 Å². The Morgan fingerprint density at radius 2 is 1.94 bits per heavy atom. The number of hydrogen-bond donors (Lipinski definition) is 1. The number of rotatable bonds is 6. The van der Waals surface area contributed by atoms with Gasteiger partial charge in [0, 0.05) is 10.6 Å². The Kier molecular flexibility index (Phi) is 7.05. The molecule has 1 heterocycles. The summed E-state index contributed by atoms with van der Waals surface area (Å²) in [6.07, 6.45) is 1.57. The summed E-state index contributed by atoms with van der Waals surface area (Å²) in [5, 5.41) is 12.3. The highest BCUT2D eigenvalue weighted by molar-refractivity contribution is 14.1. The first-order valence-electron chi connectivity index (χ1n) is 10.0. The quantitative estimate of drug-likeness (QED) is 0.234. The minimum Gasteiger partial charge on any atom is -0.493 e. The molecule has 0 bridgehead atoms. The minimum atomic E-state index is -0.559. The van der Waals surface area contributed by atoms with Crippen LogP contribution >= 0.6 is 34.2 Å². The normalized spacial score (nSPS) is 14.2. The lowest BCUT2D eigenvalue weighted by Gasteiger charge is -2.14. The van der Waals surface area contributed by atoms with Gasteiger partial charge in [-0.3, -0.25) is 4.79 Å². The second kappa shape index (κ2) is 10.2. The van der Waals surface area contributed by atoms with Gasteiger partial charge in [0.1, 0.15) is 12.3 Å². The molecule has 9 heteroatoms. The van der Waals surface area contributed by atoms with E-state index in [1.165, 1.54) is 7.11 Å². The number of nitrogens with zero attached hydrogens (tertiary/aromatic N) is 2. The maximum Gasteiger partial charge on any atom is 0.333 e. The van der Waals surface area contributed by atoms with Crippen LogP contribution in [-0.4, -0.2) is 19.0 Å². The molecule has 3 aromatic rings. The molecule has 1 aliphatic rings. The maximum absolute atomic E-state index is 12.9. The second-order valence-electron chi connectivity index (χ2n) is 7.20. The van der Waals surface area contributed by atoms with Crippen molar-refractivity contribution in [2.24, 2.45) is 0 Å². The van der Waals surface area contributed by atoms with E-state index in [4.69, 9.17) is 21.1 Å². The van der Waals surface area contributed by atoms with Crippen LogP contribution in [0.5, 0.6) is 11.5 Å². The van der Waals surface area contributed by atoms with Crippen molar-refractivity contribution >= 4 is 57.9 Å². The van der Waals surface area contributed by atoms with Crippen molar-refractivity contribution in [1.29, 1.82) is 5.26 Å². The SMILES string of the molecule is COc1cc(/C=C2/NC(=O)N(c3cccc(Cl)c3)C2=O)cc(I)c1OCc1ccccc1C#N. The number of halogens is 2. The number of imide groups is 1. The fourth-order valence-electron chi connectivity index (χ4n) is 3.42. The van der Waals surface area contributed by atoms with Gasteiger partial charge in [-0.2, -0.15) is 5.26 Å². The molecule has 1 fully saturated rings. The average Bonchev–Trinajstić information content (AvgIpc) is 3.10. The van der Waals surface area contributed by atoms with Gasteiger partial charge in [0.25, 0.3) is 5.91 Å². The van der Waals surface area contributed by atoms with Crippen molar-refractivity contribution in [2.45, 2.75) is 6.61 Å². The van der Waals surface area contributed by atoms with Gasteiger partial charge in [0.05, 0.1) is 28.0 Å². The van der Waals surface area contributed by atoms with Crippen LogP contribution in [0.2, 0.25) is 5.02 Å². The third-order valence-corrected chi connectivity index (χ3v) is 6.05. The summed E-state index contributed by atoms with van der Waals surface area (Å²) in [4.78, 5) is 26.4. The summed E-state index contributed by atoms with van der Waals surface area (Å²) in [6, 6.07) is 18.8. The molecular weight excluding hydrogens is 569 g/mol. The van der Waals surface area contributed by atoms with Crippen LogP contribution in [0.4, 0.5) is 10.5 Å². The Bertz CT molecular complexity index is 1370. The predicted octanol–water partition coefficient (Wildman–Crippen LogP) is 5.50. The zero-order valence-corrected chi connectivity index (χ0v) is 20.8. The van der Waals surface area contributed by atoms with E-state index in [1.54, 1.807) is 48.5 Å². The van der Waals surface area contributed by atoms with E-state index in [9.17, 15) is 14.9 Å². The lowest BCUT2D eigenvalue weighted by Crippen LogP contribution is -2.30. The average molecular weight is 586 g/mol. The van der Waals surface area contributed by atoms with Gasteiger partial charge in [-0.05, 0) is 70.6 Å². The molecule has 1 aliphatic heterocycles. The van der Waals surface area contributed by atoms with Crippen LogP contribution in [0.3, 0.4) is 0 Å². The van der Waals surface area contributed by atoms with Crippen LogP contribution < -0.4 is 19.7 Å². The minimum absolute atomic E-state index is 0.124. The molecule has 0 spiro atoms. The number of ether oxygens (including phenoxy) is 2. The summed E-state index contributed by atoms with van der Waals surface area (Å²) >= 11 is 8.12. The largest absolute Gasteiger partial charge is 0.493 e. The standard InChI is InChI=1S/C25H17ClIN3O4/c1-33-22-11-15(9-20(27)23(22)34-14-17-6-3-2-5-16(17)13-28)10-21-24(31)30(25(32)29-21)19-8-4-7-18(26)12-19/h2-12H,14H2,1H3,(H,29,32)/b21-10+. The van der Waals surface area contributed by atoms with Gasteiger partial charge < -0.3 is 14.8 Å². The summed E-state index contributed by atoms with van der Waals surface area (Å²) in [7, 11) is 1.52. The summed E-state index contributed by atoms with van der Waals surface area (Å²) in [5.74, 6) is 0.478. The van der Waals surface area contributed by atoms with Gasteiger partial charge in [-0.15, -0.1) is 0 Å². The molecule has 4 rings (SSSR count). The summed E-state index contributed by atoms with van der Waals surface area (Å²) in [6.45, 7) is 0.194. The second-order valence-corrected chi connectivity index (χ2v) is 8.80. The molecule has 0 radical (unpaired) electrons. The highest BCUT2D eigenvalue weighted by Crippen LogP contribution is 2.36. The van der Waals surface area contributed by atoms with E-state index in [0.717, 1.165) is 14.0 Å². The van der Waals surface area contributed by atoms with E-state index in [0.29, 0.717) is 33.3 Å². The fourth-order valence-corrected chi connectivity index (χ4v) is 4.39. The molecule has 1 saturated heterocycles. The Hall–Kier alpha value is -3.55. The van der Waals surface area contributed by atoms with Crippen LogP contribution in [0.25, 0.3) is 6.08 Å². The van der Waals surface area contributed by atoms with E-state index < -0.39 is 11.9 Å². The monoisotopic (exact) mass is 585 g/mol. The maximum atomic E-state index is 12.9. The molecule has 0 aliphatic carbocycles. The fraction of sp³-hybridized carbons (Fsp3) is 0.0800. The van der Waals surface area contributed by atoms with E-state index in [1.807, 2.05) is 18.2 Å². The Labute approximate surface area is 214 Å². The molecular formula is C25H17ClIN3O4. The number of benzene rings is 3. The Morgan fingerprint density at radius 3 is 2.68 bits per heavy atom. The number of methoxy groups -OCH3 is 1. The zero-order chi connectivity index (χ0) is 24.2. The molecule has 3 aromatic carbocycles. The van der Waals surface area contributed by atoms with Crippen LogP contribution in [0.15, 0.2) is 66.4 Å². The molecule has 170 valence electrons. The molecule has 7 nitrogen and oxygen atoms in total. The number of hydrogen-bond acceptors (Lipinski definition) is 5. The zero-order valence-electron chi connectivity index (χ0n) is 17.8. The lowest BCUT2D eigenvalue weighted by molar-refractivity contribution is -0.113. The van der Waals surface area contributed by atoms with Gasteiger partial charge in [0.2, 0.25) is 0 Å². The summed E-state index contributed by atoms with van der Waals surface area (Å²) in [5.41, 5.74) is 2.45. The van der Waals surface area contributed by atoms with Crippen molar-refractivity contribution < 1.29 is 19.1 Å².